The van der Waals surface area contributed by atoms with Crippen LogP contribution in [-0.2, 0) is 11.3 Å². The van der Waals surface area contributed by atoms with Crippen molar-refractivity contribution in [2.24, 2.45) is 0 Å². The van der Waals surface area contributed by atoms with Crippen LogP contribution in [0.4, 0.5) is 11.5 Å². The molecule has 0 saturated carbocycles. The maximum absolute atomic E-state index is 12.2. The Labute approximate surface area is 175 Å². The van der Waals surface area contributed by atoms with Crippen LogP contribution < -0.4 is 5.32 Å². The van der Waals surface area contributed by atoms with Crippen LogP contribution in [0.3, 0.4) is 0 Å². The molecule has 30 heavy (non-hydrogen) atoms. The summed E-state index contributed by atoms with van der Waals surface area (Å²) in [4.78, 5) is 25.4. The quantitative estimate of drug-likeness (QED) is 0.590. The topological polar surface area (TPSA) is 96.6 Å². The van der Waals surface area contributed by atoms with Crippen LogP contribution in [0.5, 0.6) is 0 Å². The fourth-order valence-electron chi connectivity index (χ4n) is 3.57. The first-order valence-corrected chi connectivity index (χ1v) is 10.3. The number of aromatic nitrogens is 3. The smallest absolute Gasteiger partial charge is 0.361 e. The zero-order valence-corrected chi connectivity index (χ0v) is 17.3. The van der Waals surface area contributed by atoms with E-state index in [0.29, 0.717) is 11.2 Å². The van der Waals surface area contributed by atoms with E-state index in [9.17, 15) is 4.79 Å². The predicted octanol–water partition coefficient (Wildman–Crippen LogP) is 2.68. The van der Waals surface area contributed by atoms with Crippen LogP contribution in [0.1, 0.15) is 29.9 Å². The van der Waals surface area contributed by atoms with Crippen molar-refractivity contribution < 1.29 is 14.1 Å². The molecule has 158 valence electrons. The molecule has 1 aliphatic heterocycles. The van der Waals surface area contributed by atoms with E-state index in [4.69, 9.17) is 9.26 Å². The van der Waals surface area contributed by atoms with E-state index in [1.54, 1.807) is 6.92 Å². The number of rotatable bonds is 7. The van der Waals surface area contributed by atoms with Crippen LogP contribution in [-0.4, -0.2) is 70.2 Å². The molecule has 0 atom stereocenters. The monoisotopic (exact) mass is 410 g/mol. The highest BCUT2D eigenvalue weighted by molar-refractivity contribution is 6.05. The predicted molar refractivity (Wildman–Crippen MR) is 113 cm³/mol. The van der Waals surface area contributed by atoms with E-state index in [1.807, 2.05) is 12.1 Å². The molecule has 0 aliphatic carbocycles. The van der Waals surface area contributed by atoms with Crippen molar-refractivity contribution in [1.29, 1.82) is 0 Å². The Balaban J connectivity index is 1.46. The van der Waals surface area contributed by atoms with E-state index < -0.39 is 5.97 Å². The molecular weight excluding hydrogens is 384 g/mol. The molecule has 0 spiro atoms. The standard InChI is InChI=1S/C21H26N6O3/c1-3-26-9-11-27(12-10-26)13-15-5-7-16(8-6-15)24-19-17-18(21(28)29-4-2)25-30-20(17)23-14-22-19/h5-8,14H,3-4,9-13H2,1-2H3,(H,22,23,24). The van der Waals surface area contributed by atoms with Gasteiger partial charge in [-0.2, -0.15) is 4.98 Å². The van der Waals surface area contributed by atoms with Gasteiger partial charge in [-0.15, -0.1) is 0 Å². The third-order valence-corrected chi connectivity index (χ3v) is 5.28. The minimum Gasteiger partial charge on any atom is -0.461 e. The van der Waals surface area contributed by atoms with Gasteiger partial charge in [-0.05, 0) is 31.2 Å². The average molecular weight is 410 g/mol. The van der Waals surface area contributed by atoms with Gasteiger partial charge in [0.25, 0.3) is 5.71 Å². The lowest BCUT2D eigenvalue weighted by molar-refractivity contribution is 0.0517. The van der Waals surface area contributed by atoms with E-state index in [2.05, 4.69) is 49.3 Å². The fraction of sp³-hybridized carbons (Fsp3) is 0.429. The van der Waals surface area contributed by atoms with Gasteiger partial charge in [-0.3, -0.25) is 4.90 Å². The molecule has 0 bridgehead atoms. The summed E-state index contributed by atoms with van der Waals surface area (Å²) in [7, 11) is 0. The Morgan fingerprint density at radius 2 is 1.83 bits per heavy atom. The van der Waals surface area contributed by atoms with Gasteiger partial charge < -0.3 is 19.5 Å². The number of esters is 1. The summed E-state index contributed by atoms with van der Waals surface area (Å²) >= 11 is 0. The minimum atomic E-state index is -0.562. The van der Waals surface area contributed by atoms with Crippen molar-refractivity contribution in [3.63, 3.8) is 0 Å². The van der Waals surface area contributed by atoms with Gasteiger partial charge in [0.2, 0.25) is 5.69 Å². The van der Waals surface area contributed by atoms with Crippen LogP contribution in [0.15, 0.2) is 35.1 Å². The maximum atomic E-state index is 12.2. The Morgan fingerprint density at radius 3 is 2.53 bits per heavy atom. The van der Waals surface area contributed by atoms with Crippen molar-refractivity contribution >= 4 is 28.6 Å². The normalized spacial score (nSPS) is 15.4. The number of benzene rings is 1. The first-order valence-electron chi connectivity index (χ1n) is 10.3. The second-order valence-electron chi connectivity index (χ2n) is 7.19. The molecule has 9 nitrogen and oxygen atoms in total. The van der Waals surface area contributed by atoms with Crippen molar-refractivity contribution in [1.82, 2.24) is 24.9 Å². The third-order valence-electron chi connectivity index (χ3n) is 5.28. The summed E-state index contributed by atoms with van der Waals surface area (Å²) in [5.41, 5.74) is 2.41. The van der Waals surface area contributed by atoms with Crippen LogP contribution in [0, 0.1) is 0 Å². The highest BCUT2D eigenvalue weighted by Crippen LogP contribution is 2.27. The summed E-state index contributed by atoms with van der Waals surface area (Å²) in [6.45, 7) is 10.7. The van der Waals surface area contributed by atoms with Gasteiger partial charge in [0, 0.05) is 38.4 Å². The zero-order chi connectivity index (χ0) is 20.9. The number of likely N-dealkylation sites (N-methyl/N-ethyl adjacent to an activating group) is 1. The summed E-state index contributed by atoms with van der Waals surface area (Å²) < 4.78 is 10.2. The number of ether oxygens (including phenoxy) is 1. The van der Waals surface area contributed by atoms with Crippen molar-refractivity contribution in [3.05, 3.63) is 41.9 Å². The largest absolute Gasteiger partial charge is 0.461 e. The number of fused-ring (bicyclic) bond motifs is 1. The number of nitrogens with one attached hydrogen (secondary N) is 1. The lowest BCUT2D eigenvalue weighted by Crippen LogP contribution is -2.45. The van der Waals surface area contributed by atoms with Crippen LogP contribution in [0.25, 0.3) is 11.1 Å². The first kappa shape index (κ1) is 20.2. The van der Waals surface area contributed by atoms with E-state index in [0.717, 1.165) is 45.0 Å². The number of hydrogen-bond acceptors (Lipinski definition) is 9. The van der Waals surface area contributed by atoms with E-state index in [-0.39, 0.29) is 18.0 Å². The Hall–Kier alpha value is -3.04. The van der Waals surface area contributed by atoms with Gasteiger partial charge >= 0.3 is 5.97 Å². The molecular formula is C21H26N6O3. The summed E-state index contributed by atoms with van der Waals surface area (Å²) in [5.74, 6) is -0.111. The van der Waals surface area contributed by atoms with Gasteiger partial charge in [-0.25, -0.2) is 9.78 Å². The molecule has 1 N–H and O–H groups in total. The summed E-state index contributed by atoms with van der Waals surface area (Å²) in [6.07, 6.45) is 1.37. The number of hydrogen-bond donors (Lipinski definition) is 1. The Bertz CT molecular complexity index is 996. The minimum absolute atomic E-state index is 0.0674. The molecule has 9 heteroatoms. The number of piperazine rings is 1. The second-order valence-corrected chi connectivity index (χ2v) is 7.19. The molecule has 4 rings (SSSR count). The Morgan fingerprint density at radius 1 is 1.10 bits per heavy atom. The molecule has 2 aromatic heterocycles. The average Bonchev–Trinajstić information content (AvgIpc) is 3.21. The molecule has 1 fully saturated rings. The number of carbonyl (C=O) groups excluding carboxylic acids is 1. The van der Waals surface area contributed by atoms with Gasteiger partial charge in [-0.1, -0.05) is 24.2 Å². The molecule has 1 aliphatic rings. The lowest BCUT2D eigenvalue weighted by atomic mass is 10.1. The first-order chi connectivity index (χ1) is 14.7. The maximum Gasteiger partial charge on any atom is 0.361 e. The summed E-state index contributed by atoms with van der Waals surface area (Å²) in [6, 6.07) is 8.21. The number of nitrogens with zero attached hydrogens (tertiary/aromatic N) is 5. The molecule has 3 heterocycles. The fourth-order valence-corrected chi connectivity index (χ4v) is 3.57. The van der Waals surface area contributed by atoms with Crippen molar-refractivity contribution in [3.8, 4) is 0 Å². The molecule has 0 amide bonds. The molecule has 0 unspecified atom stereocenters. The SMILES string of the molecule is CCOC(=O)c1noc2ncnc(Nc3ccc(CN4CCN(CC)CC4)cc3)c12. The van der Waals surface area contributed by atoms with Gasteiger partial charge in [0.1, 0.15) is 17.5 Å². The van der Waals surface area contributed by atoms with E-state index >= 15 is 0 Å². The number of anilines is 2. The van der Waals surface area contributed by atoms with Crippen LogP contribution in [0.2, 0.25) is 0 Å². The van der Waals surface area contributed by atoms with E-state index in [1.165, 1.54) is 11.9 Å². The van der Waals surface area contributed by atoms with Gasteiger partial charge in [0.05, 0.1) is 6.61 Å². The third kappa shape index (κ3) is 4.42. The highest BCUT2D eigenvalue weighted by Gasteiger charge is 2.22. The van der Waals surface area contributed by atoms with Crippen molar-refractivity contribution in [2.75, 3.05) is 44.6 Å². The molecule has 3 aromatic rings. The van der Waals surface area contributed by atoms with Crippen LogP contribution >= 0.6 is 0 Å². The molecule has 0 radical (unpaired) electrons. The molecule has 1 saturated heterocycles. The second kappa shape index (κ2) is 9.19. The summed E-state index contributed by atoms with van der Waals surface area (Å²) in [5, 5.41) is 7.45. The number of carbonyl (C=O) groups is 1. The Kier molecular flexibility index (Phi) is 6.20. The van der Waals surface area contributed by atoms with Crippen molar-refractivity contribution in [2.45, 2.75) is 20.4 Å². The lowest BCUT2D eigenvalue weighted by Gasteiger charge is -2.34. The molecule has 1 aromatic carbocycles. The zero-order valence-electron chi connectivity index (χ0n) is 17.3. The highest BCUT2D eigenvalue weighted by atomic mass is 16.5. The van der Waals surface area contributed by atoms with Gasteiger partial charge in [0.15, 0.2) is 0 Å².